The van der Waals surface area contributed by atoms with Gasteiger partial charge < -0.3 is 14.4 Å². The third-order valence-corrected chi connectivity index (χ3v) is 4.34. The third kappa shape index (κ3) is 3.54. The van der Waals surface area contributed by atoms with Gasteiger partial charge in [-0.3, -0.25) is 4.90 Å². The van der Waals surface area contributed by atoms with Gasteiger partial charge in [-0.05, 0) is 29.8 Å². The average Bonchev–Trinajstić information content (AvgIpc) is 3.04. The van der Waals surface area contributed by atoms with Crippen LogP contribution in [0.5, 0.6) is 11.5 Å². The Morgan fingerprint density at radius 1 is 0.826 bits per heavy atom. The van der Waals surface area contributed by atoms with Gasteiger partial charge in [0.25, 0.3) is 0 Å². The van der Waals surface area contributed by atoms with E-state index in [9.17, 15) is 0 Å². The van der Waals surface area contributed by atoms with Gasteiger partial charge in [-0.1, -0.05) is 24.3 Å². The molecule has 0 saturated carbocycles. The zero-order chi connectivity index (χ0) is 14.8. The molecule has 2 aliphatic heterocycles. The molecule has 0 aromatic heterocycles. The van der Waals surface area contributed by atoms with Crippen molar-refractivity contribution >= 4 is 18.1 Å². The average molecular weight is 333 g/mol. The Hall–Kier alpha value is -1.91. The first-order chi connectivity index (χ1) is 10.9. The van der Waals surface area contributed by atoms with Gasteiger partial charge in [0, 0.05) is 38.4 Å². The molecule has 122 valence electrons. The van der Waals surface area contributed by atoms with E-state index in [4.69, 9.17) is 9.47 Å². The van der Waals surface area contributed by atoms with Gasteiger partial charge in [0.15, 0.2) is 11.5 Å². The van der Waals surface area contributed by atoms with Gasteiger partial charge in [0.1, 0.15) is 0 Å². The lowest BCUT2D eigenvalue weighted by molar-refractivity contribution is 0.174. The van der Waals surface area contributed by atoms with Crippen molar-refractivity contribution < 1.29 is 9.47 Å². The van der Waals surface area contributed by atoms with E-state index in [0.29, 0.717) is 6.79 Å². The molecule has 1 saturated heterocycles. The normalized spacial score (nSPS) is 17.0. The second-order valence-corrected chi connectivity index (χ2v) is 5.79. The largest absolute Gasteiger partial charge is 0.454 e. The summed E-state index contributed by atoms with van der Waals surface area (Å²) in [7, 11) is 0. The third-order valence-electron chi connectivity index (χ3n) is 4.34. The fourth-order valence-corrected chi connectivity index (χ4v) is 3.10. The molecule has 4 nitrogen and oxygen atoms in total. The second-order valence-electron chi connectivity index (χ2n) is 5.79. The number of benzene rings is 2. The van der Waals surface area contributed by atoms with Crippen LogP contribution in [0.15, 0.2) is 48.5 Å². The molecular formula is C18H21ClN2O2. The number of para-hydroxylation sites is 1. The minimum Gasteiger partial charge on any atom is -0.454 e. The Bertz CT molecular complexity index is 643. The first kappa shape index (κ1) is 16.0. The van der Waals surface area contributed by atoms with Gasteiger partial charge in [-0.25, -0.2) is 0 Å². The summed E-state index contributed by atoms with van der Waals surface area (Å²) in [6.45, 7) is 5.64. The predicted octanol–water partition coefficient (Wildman–Crippen LogP) is 3.16. The fourth-order valence-electron chi connectivity index (χ4n) is 3.10. The van der Waals surface area contributed by atoms with Crippen LogP contribution in [0.25, 0.3) is 0 Å². The lowest BCUT2D eigenvalue weighted by Gasteiger charge is -2.36. The molecule has 2 aromatic rings. The lowest BCUT2D eigenvalue weighted by atomic mass is 10.1. The van der Waals surface area contributed by atoms with Crippen molar-refractivity contribution in [1.82, 2.24) is 4.90 Å². The Balaban J connectivity index is 0.00000156. The van der Waals surface area contributed by atoms with Crippen molar-refractivity contribution in [1.29, 1.82) is 0 Å². The zero-order valence-electron chi connectivity index (χ0n) is 13.0. The van der Waals surface area contributed by atoms with Gasteiger partial charge in [0.2, 0.25) is 6.79 Å². The lowest BCUT2D eigenvalue weighted by Crippen LogP contribution is -2.45. The standard InChI is InChI=1S/C18H20N2O2.ClH/c1-2-4-16(5-3-1)20-10-8-19(9-11-20)13-15-6-7-17-18(12-15)22-14-21-17;/h1-7,12H,8-11,13-14H2;1H. The highest BCUT2D eigenvalue weighted by molar-refractivity contribution is 5.85. The number of halogens is 1. The van der Waals surface area contributed by atoms with Crippen molar-refractivity contribution in [3.63, 3.8) is 0 Å². The van der Waals surface area contributed by atoms with E-state index in [1.165, 1.54) is 11.3 Å². The van der Waals surface area contributed by atoms with Gasteiger partial charge in [-0.15, -0.1) is 12.4 Å². The van der Waals surface area contributed by atoms with E-state index < -0.39 is 0 Å². The maximum atomic E-state index is 5.45. The zero-order valence-corrected chi connectivity index (χ0v) is 13.8. The summed E-state index contributed by atoms with van der Waals surface area (Å²) in [6.07, 6.45) is 0. The summed E-state index contributed by atoms with van der Waals surface area (Å²) in [5.74, 6) is 1.73. The Morgan fingerprint density at radius 2 is 1.57 bits per heavy atom. The molecule has 2 aromatic carbocycles. The monoisotopic (exact) mass is 332 g/mol. The summed E-state index contributed by atoms with van der Waals surface area (Å²) in [5, 5.41) is 0. The van der Waals surface area contributed by atoms with Crippen molar-refractivity contribution in [2.24, 2.45) is 0 Å². The van der Waals surface area contributed by atoms with Crippen molar-refractivity contribution in [3.05, 3.63) is 54.1 Å². The first-order valence-electron chi connectivity index (χ1n) is 7.79. The first-order valence-corrected chi connectivity index (χ1v) is 7.79. The molecule has 0 amide bonds. The summed E-state index contributed by atoms with van der Waals surface area (Å²) in [4.78, 5) is 4.95. The van der Waals surface area contributed by atoms with Crippen LogP contribution in [0.4, 0.5) is 5.69 Å². The minimum atomic E-state index is 0. The topological polar surface area (TPSA) is 24.9 Å². The number of ether oxygens (including phenoxy) is 2. The number of piperazine rings is 1. The molecule has 0 unspecified atom stereocenters. The molecule has 4 rings (SSSR count). The highest BCUT2D eigenvalue weighted by Gasteiger charge is 2.19. The van der Waals surface area contributed by atoms with Crippen molar-refractivity contribution in [3.8, 4) is 11.5 Å². The number of anilines is 1. The van der Waals surface area contributed by atoms with E-state index >= 15 is 0 Å². The summed E-state index contributed by atoms with van der Waals surface area (Å²) in [5.41, 5.74) is 2.61. The molecule has 2 aliphatic rings. The molecule has 0 aliphatic carbocycles. The summed E-state index contributed by atoms with van der Waals surface area (Å²) >= 11 is 0. The van der Waals surface area contributed by atoms with Gasteiger partial charge in [0.05, 0.1) is 0 Å². The van der Waals surface area contributed by atoms with E-state index in [1.54, 1.807) is 0 Å². The van der Waals surface area contributed by atoms with Crippen LogP contribution >= 0.6 is 12.4 Å². The molecule has 2 heterocycles. The Morgan fingerprint density at radius 3 is 2.35 bits per heavy atom. The maximum absolute atomic E-state index is 5.45. The second kappa shape index (κ2) is 7.11. The predicted molar refractivity (Wildman–Crippen MR) is 93.7 cm³/mol. The highest BCUT2D eigenvalue weighted by Crippen LogP contribution is 2.32. The SMILES string of the molecule is Cl.c1ccc(N2CCN(Cc3ccc4c(c3)OCO4)CC2)cc1. The van der Waals surface area contributed by atoms with Crippen LogP contribution in [-0.2, 0) is 6.54 Å². The van der Waals surface area contributed by atoms with Crippen molar-refractivity contribution in [2.75, 3.05) is 37.9 Å². The van der Waals surface area contributed by atoms with Gasteiger partial charge in [-0.2, -0.15) is 0 Å². The number of nitrogens with zero attached hydrogens (tertiary/aromatic N) is 2. The van der Waals surface area contributed by atoms with E-state index in [2.05, 4.69) is 52.3 Å². The maximum Gasteiger partial charge on any atom is 0.231 e. The molecule has 5 heteroatoms. The number of rotatable bonds is 3. The van der Waals surface area contributed by atoms with Crippen LogP contribution in [0.2, 0.25) is 0 Å². The summed E-state index contributed by atoms with van der Waals surface area (Å²) < 4.78 is 10.8. The number of hydrogen-bond acceptors (Lipinski definition) is 4. The highest BCUT2D eigenvalue weighted by atomic mass is 35.5. The quantitative estimate of drug-likeness (QED) is 0.862. The van der Waals surface area contributed by atoms with Crippen LogP contribution < -0.4 is 14.4 Å². The minimum absolute atomic E-state index is 0. The van der Waals surface area contributed by atoms with E-state index in [-0.39, 0.29) is 12.4 Å². The van der Waals surface area contributed by atoms with Crippen molar-refractivity contribution in [2.45, 2.75) is 6.54 Å². The van der Waals surface area contributed by atoms with Crippen LogP contribution in [0.3, 0.4) is 0 Å². The molecular weight excluding hydrogens is 312 g/mol. The molecule has 0 N–H and O–H groups in total. The van der Waals surface area contributed by atoms with Crippen LogP contribution in [0.1, 0.15) is 5.56 Å². The molecule has 0 spiro atoms. The number of hydrogen-bond donors (Lipinski definition) is 0. The molecule has 0 atom stereocenters. The summed E-state index contributed by atoms with van der Waals surface area (Å²) in [6, 6.07) is 16.9. The Kier molecular flexibility index (Phi) is 4.94. The van der Waals surface area contributed by atoms with Gasteiger partial charge >= 0.3 is 0 Å². The number of fused-ring (bicyclic) bond motifs is 1. The molecule has 23 heavy (non-hydrogen) atoms. The molecule has 0 bridgehead atoms. The molecule has 0 radical (unpaired) electrons. The molecule has 1 fully saturated rings. The Labute approximate surface area is 143 Å². The van der Waals surface area contributed by atoms with E-state index in [1.807, 2.05) is 6.07 Å². The smallest absolute Gasteiger partial charge is 0.231 e. The van der Waals surface area contributed by atoms with Crippen LogP contribution in [-0.4, -0.2) is 37.9 Å². The van der Waals surface area contributed by atoms with E-state index in [0.717, 1.165) is 44.2 Å². The fraction of sp³-hybridized carbons (Fsp3) is 0.333. The van der Waals surface area contributed by atoms with Crippen LogP contribution in [0, 0.1) is 0 Å².